The Morgan fingerprint density at radius 2 is 2.11 bits per heavy atom. The van der Waals surface area contributed by atoms with Crippen molar-refractivity contribution in [2.45, 2.75) is 6.54 Å². The third-order valence-electron chi connectivity index (χ3n) is 3.02. The predicted octanol–water partition coefficient (Wildman–Crippen LogP) is 2.46. The summed E-state index contributed by atoms with van der Waals surface area (Å²) in [7, 11) is 1.89. The molecule has 0 radical (unpaired) electrons. The number of halogens is 1. The van der Waals surface area contributed by atoms with Gasteiger partial charge in [0.05, 0.1) is 12.7 Å². The van der Waals surface area contributed by atoms with Crippen LogP contribution in [0, 0.1) is 0 Å². The zero-order chi connectivity index (χ0) is 13.2. The lowest BCUT2D eigenvalue weighted by Gasteiger charge is -2.19. The molecule has 5 nitrogen and oxygen atoms in total. The summed E-state index contributed by atoms with van der Waals surface area (Å²) in [4.78, 5) is 4.23. The molecule has 0 spiro atoms. The van der Waals surface area contributed by atoms with Gasteiger partial charge in [0, 0.05) is 18.8 Å². The van der Waals surface area contributed by atoms with Gasteiger partial charge in [-0.1, -0.05) is 11.6 Å². The molecule has 0 saturated carbocycles. The van der Waals surface area contributed by atoms with Crippen molar-refractivity contribution in [2.24, 2.45) is 7.05 Å². The summed E-state index contributed by atoms with van der Waals surface area (Å²) in [5.74, 6) is 2.44. The molecule has 0 fully saturated rings. The minimum Gasteiger partial charge on any atom is -0.486 e. The molecule has 0 saturated heterocycles. The van der Waals surface area contributed by atoms with Crippen LogP contribution in [-0.2, 0) is 13.6 Å². The number of hydrogen-bond acceptors (Lipinski definition) is 4. The van der Waals surface area contributed by atoms with Crippen molar-refractivity contribution in [2.75, 3.05) is 18.5 Å². The van der Waals surface area contributed by atoms with Gasteiger partial charge in [-0.15, -0.1) is 0 Å². The fourth-order valence-electron chi connectivity index (χ4n) is 1.92. The number of rotatable bonds is 3. The molecule has 2 aromatic rings. The number of benzene rings is 1. The third kappa shape index (κ3) is 2.46. The Bertz CT molecular complexity index is 598. The first kappa shape index (κ1) is 12.2. The van der Waals surface area contributed by atoms with Crippen molar-refractivity contribution in [3.8, 4) is 11.5 Å². The van der Waals surface area contributed by atoms with E-state index in [1.165, 1.54) is 0 Å². The van der Waals surface area contributed by atoms with Crippen molar-refractivity contribution in [3.63, 3.8) is 0 Å². The molecule has 6 heteroatoms. The normalized spacial score (nSPS) is 13.4. The summed E-state index contributed by atoms with van der Waals surface area (Å²) in [6.45, 7) is 1.79. The molecule has 0 aliphatic carbocycles. The Balaban J connectivity index is 1.72. The van der Waals surface area contributed by atoms with E-state index in [1.54, 1.807) is 6.20 Å². The molecule has 3 rings (SSSR count). The Labute approximate surface area is 116 Å². The molecule has 0 bridgehead atoms. The first-order chi connectivity index (χ1) is 9.24. The molecule has 1 N–H and O–H groups in total. The van der Waals surface area contributed by atoms with Crippen LogP contribution in [0.4, 0.5) is 5.69 Å². The maximum Gasteiger partial charge on any atom is 0.163 e. The molecule has 0 atom stereocenters. The molecule has 1 aliphatic rings. The average Bonchev–Trinajstić information content (AvgIpc) is 2.76. The quantitative estimate of drug-likeness (QED) is 0.938. The van der Waals surface area contributed by atoms with Crippen LogP contribution >= 0.6 is 11.6 Å². The molecule has 1 aliphatic heterocycles. The minimum atomic E-state index is 0.589. The van der Waals surface area contributed by atoms with Crippen molar-refractivity contribution < 1.29 is 9.47 Å². The molecule has 100 valence electrons. The maximum absolute atomic E-state index is 5.94. The van der Waals surface area contributed by atoms with Gasteiger partial charge in [-0.3, -0.25) is 0 Å². The zero-order valence-electron chi connectivity index (χ0n) is 10.5. The van der Waals surface area contributed by atoms with Crippen LogP contribution in [0.25, 0.3) is 0 Å². The van der Waals surface area contributed by atoms with E-state index in [1.807, 2.05) is 29.8 Å². The molecule has 1 aromatic carbocycles. The van der Waals surface area contributed by atoms with Crippen LogP contribution < -0.4 is 14.8 Å². The molecule has 0 unspecified atom stereocenters. The lowest BCUT2D eigenvalue weighted by atomic mass is 10.2. The number of nitrogens with one attached hydrogen (secondary N) is 1. The van der Waals surface area contributed by atoms with Crippen LogP contribution in [0.2, 0.25) is 5.15 Å². The number of aromatic nitrogens is 2. The smallest absolute Gasteiger partial charge is 0.163 e. The molecule has 2 heterocycles. The Morgan fingerprint density at radius 3 is 2.84 bits per heavy atom. The number of ether oxygens (including phenoxy) is 2. The third-order valence-corrected chi connectivity index (χ3v) is 3.37. The standard InChI is InChI=1S/C13H14ClN3O2/c1-17-12(14)7-16-13(17)8-15-9-2-3-10-11(6-9)19-5-4-18-10/h2-3,6-7,15H,4-5,8H2,1H3. The molecular formula is C13H14ClN3O2. The van der Waals surface area contributed by atoms with Crippen LogP contribution in [0.1, 0.15) is 5.82 Å². The summed E-state index contributed by atoms with van der Waals surface area (Å²) < 4.78 is 12.9. The molecule has 0 amide bonds. The average molecular weight is 280 g/mol. The minimum absolute atomic E-state index is 0.589. The summed E-state index contributed by atoms with van der Waals surface area (Å²) >= 11 is 5.94. The number of anilines is 1. The highest BCUT2D eigenvalue weighted by atomic mass is 35.5. The summed E-state index contributed by atoms with van der Waals surface area (Å²) in [5.41, 5.74) is 0.961. The highest BCUT2D eigenvalue weighted by molar-refractivity contribution is 6.29. The van der Waals surface area contributed by atoms with Crippen molar-refractivity contribution in [1.29, 1.82) is 0 Å². The number of imidazole rings is 1. The lowest BCUT2D eigenvalue weighted by Crippen LogP contribution is -2.15. The van der Waals surface area contributed by atoms with Gasteiger partial charge in [0.2, 0.25) is 0 Å². The van der Waals surface area contributed by atoms with Crippen LogP contribution in [-0.4, -0.2) is 22.8 Å². The monoisotopic (exact) mass is 279 g/mol. The van der Waals surface area contributed by atoms with Gasteiger partial charge in [-0.2, -0.15) is 0 Å². The van der Waals surface area contributed by atoms with Crippen LogP contribution in [0.3, 0.4) is 0 Å². The second-order valence-electron chi connectivity index (χ2n) is 4.27. The van der Waals surface area contributed by atoms with Gasteiger partial charge in [0.1, 0.15) is 24.2 Å². The van der Waals surface area contributed by atoms with E-state index < -0.39 is 0 Å². The maximum atomic E-state index is 5.94. The van der Waals surface area contributed by atoms with Gasteiger partial charge in [-0.05, 0) is 12.1 Å². The van der Waals surface area contributed by atoms with Crippen molar-refractivity contribution in [3.05, 3.63) is 35.4 Å². The topological polar surface area (TPSA) is 48.3 Å². The molecular weight excluding hydrogens is 266 g/mol. The largest absolute Gasteiger partial charge is 0.486 e. The molecule has 19 heavy (non-hydrogen) atoms. The predicted molar refractivity (Wildman–Crippen MR) is 73.0 cm³/mol. The fourth-order valence-corrected chi connectivity index (χ4v) is 2.07. The van der Waals surface area contributed by atoms with E-state index in [0.717, 1.165) is 23.0 Å². The highest BCUT2D eigenvalue weighted by Gasteiger charge is 2.12. The first-order valence-electron chi connectivity index (χ1n) is 6.03. The number of hydrogen-bond donors (Lipinski definition) is 1. The SMILES string of the molecule is Cn1c(Cl)cnc1CNc1ccc2c(c1)OCCO2. The Hall–Kier alpha value is -1.88. The van der Waals surface area contributed by atoms with Crippen LogP contribution in [0.15, 0.2) is 24.4 Å². The summed E-state index contributed by atoms with van der Waals surface area (Å²) in [5, 5.41) is 3.91. The number of fused-ring (bicyclic) bond motifs is 1. The van der Waals surface area contributed by atoms with E-state index in [2.05, 4.69) is 10.3 Å². The van der Waals surface area contributed by atoms with E-state index in [4.69, 9.17) is 21.1 Å². The number of nitrogens with zero attached hydrogens (tertiary/aromatic N) is 2. The zero-order valence-corrected chi connectivity index (χ0v) is 11.3. The van der Waals surface area contributed by atoms with Crippen LogP contribution in [0.5, 0.6) is 11.5 Å². The Morgan fingerprint density at radius 1 is 1.32 bits per heavy atom. The highest BCUT2D eigenvalue weighted by Crippen LogP contribution is 2.32. The van der Waals surface area contributed by atoms with Gasteiger partial charge in [-0.25, -0.2) is 4.98 Å². The fraction of sp³-hybridized carbons (Fsp3) is 0.308. The second-order valence-corrected chi connectivity index (χ2v) is 4.66. The summed E-state index contributed by atoms with van der Waals surface area (Å²) in [6, 6.07) is 5.79. The van der Waals surface area contributed by atoms with Crippen molar-refractivity contribution in [1.82, 2.24) is 9.55 Å². The second kappa shape index (κ2) is 5.01. The Kier molecular flexibility index (Phi) is 3.21. The van der Waals surface area contributed by atoms with E-state index in [-0.39, 0.29) is 0 Å². The van der Waals surface area contributed by atoms with Crippen molar-refractivity contribution >= 4 is 17.3 Å². The lowest BCUT2D eigenvalue weighted by molar-refractivity contribution is 0.171. The first-order valence-corrected chi connectivity index (χ1v) is 6.41. The van der Waals surface area contributed by atoms with E-state index >= 15 is 0 Å². The van der Waals surface area contributed by atoms with Gasteiger partial charge >= 0.3 is 0 Å². The van der Waals surface area contributed by atoms with E-state index in [9.17, 15) is 0 Å². The van der Waals surface area contributed by atoms with Gasteiger partial charge in [0.25, 0.3) is 0 Å². The van der Waals surface area contributed by atoms with E-state index in [0.29, 0.717) is 24.9 Å². The van der Waals surface area contributed by atoms with Gasteiger partial charge < -0.3 is 19.4 Å². The molecule has 1 aromatic heterocycles. The van der Waals surface area contributed by atoms with Gasteiger partial charge in [0.15, 0.2) is 11.5 Å². The summed E-state index contributed by atoms with van der Waals surface area (Å²) in [6.07, 6.45) is 1.64.